The van der Waals surface area contributed by atoms with Crippen molar-refractivity contribution in [1.29, 1.82) is 0 Å². The van der Waals surface area contributed by atoms with Crippen LogP contribution in [-0.4, -0.2) is 16.1 Å². The van der Waals surface area contributed by atoms with Crippen molar-refractivity contribution in [2.24, 2.45) is 7.05 Å². The monoisotopic (exact) mass is 374 g/mol. The molecule has 5 heteroatoms. The van der Waals surface area contributed by atoms with Gasteiger partial charge in [0.15, 0.2) is 0 Å². The number of fused-ring (bicyclic) bond motifs is 2. The second kappa shape index (κ2) is 5.58. The molecule has 4 nitrogen and oxygen atoms in total. The SMILES string of the molecule is Cn1ccc2cc(C3=CC(=C4C(=O)Nc5cc(F)ccc54)OC3(C)C)ccc21. The van der Waals surface area contributed by atoms with Crippen LogP contribution in [0.15, 0.2) is 60.5 Å². The van der Waals surface area contributed by atoms with Crippen molar-refractivity contribution in [3.8, 4) is 0 Å². The molecule has 1 amide bonds. The summed E-state index contributed by atoms with van der Waals surface area (Å²) in [5.74, 6) is -0.149. The minimum absolute atomic E-state index is 0.276. The van der Waals surface area contributed by atoms with Crippen molar-refractivity contribution in [2.75, 3.05) is 5.32 Å². The normalized spacial score (nSPS) is 20.1. The van der Waals surface area contributed by atoms with Crippen molar-refractivity contribution < 1.29 is 13.9 Å². The van der Waals surface area contributed by atoms with Crippen LogP contribution in [0.2, 0.25) is 0 Å². The van der Waals surface area contributed by atoms with E-state index in [4.69, 9.17) is 4.74 Å². The molecule has 0 bridgehead atoms. The van der Waals surface area contributed by atoms with Crippen LogP contribution in [-0.2, 0) is 16.6 Å². The fourth-order valence-corrected chi connectivity index (χ4v) is 4.06. The van der Waals surface area contributed by atoms with Crippen LogP contribution < -0.4 is 5.32 Å². The van der Waals surface area contributed by atoms with Gasteiger partial charge in [0.1, 0.15) is 17.2 Å². The second-order valence-corrected chi connectivity index (χ2v) is 7.75. The van der Waals surface area contributed by atoms with Crippen LogP contribution in [0.4, 0.5) is 10.1 Å². The Morgan fingerprint density at radius 3 is 2.75 bits per heavy atom. The molecule has 0 aliphatic carbocycles. The van der Waals surface area contributed by atoms with Gasteiger partial charge in [-0.05, 0) is 61.9 Å². The van der Waals surface area contributed by atoms with Gasteiger partial charge in [0.05, 0.1) is 11.3 Å². The van der Waals surface area contributed by atoms with E-state index in [1.165, 1.54) is 12.1 Å². The summed E-state index contributed by atoms with van der Waals surface area (Å²) in [4.78, 5) is 12.6. The van der Waals surface area contributed by atoms with Crippen molar-refractivity contribution in [3.63, 3.8) is 0 Å². The number of aromatic nitrogens is 1. The Morgan fingerprint density at radius 1 is 1.11 bits per heavy atom. The molecule has 3 aromatic rings. The van der Waals surface area contributed by atoms with Crippen molar-refractivity contribution in [1.82, 2.24) is 4.57 Å². The molecule has 140 valence electrons. The predicted octanol–water partition coefficient (Wildman–Crippen LogP) is 4.87. The molecule has 5 rings (SSSR count). The van der Waals surface area contributed by atoms with Crippen LogP contribution in [0.25, 0.3) is 22.0 Å². The number of nitrogens with one attached hydrogen (secondary N) is 1. The summed E-state index contributed by atoms with van der Waals surface area (Å²) in [5, 5.41) is 3.88. The van der Waals surface area contributed by atoms with Crippen molar-refractivity contribution >= 4 is 33.6 Å². The van der Waals surface area contributed by atoms with Gasteiger partial charge in [-0.25, -0.2) is 4.39 Å². The molecule has 1 aromatic heterocycles. The van der Waals surface area contributed by atoms with Crippen LogP contribution in [0.5, 0.6) is 0 Å². The van der Waals surface area contributed by atoms with Gasteiger partial charge < -0.3 is 14.6 Å². The number of halogens is 1. The van der Waals surface area contributed by atoms with Gasteiger partial charge in [-0.1, -0.05) is 6.07 Å². The van der Waals surface area contributed by atoms with Crippen molar-refractivity contribution in [3.05, 3.63) is 77.4 Å². The average Bonchev–Trinajstić information content (AvgIpc) is 3.26. The summed E-state index contributed by atoms with van der Waals surface area (Å²) in [6.07, 6.45) is 3.96. The number of benzene rings is 2. The molecular weight excluding hydrogens is 355 g/mol. The summed E-state index contributed by atoms with van der Waals surface area (Å²) >= 11 is 0. The van der Waals surface area contributed by atoms with E-state index < -0.39 is 5.60 Å². The number of rotatable bonds is 1. The molecule has 2 aliphatic heterocycles. The summed E-state index contributed by atoms with van der Waals surface area (Å²) in [6.45, 7) is 3.97. The van der Waals surface area contributed by atoms with Gasteiger partial charge >= 0.3 is 0 Å². The Kier molecular flexibility index (Phi) is 3.35. The first kappa shape index (κ1) is 16.8. The fourth-order valence-electron chi connectivity index (χ4n) is 4.06. The number of nitrogens with zero attached hydrogens (tertiary/aromatic N) is 1. The first-order valence-corrected chi connectivity index (χ1v) is 9.16. The highest BCUT2D eigenvalue weighted by Gasteiger charge is 2.38. The molecule has 28 heavy (non-hydrogen) atoms. The summed E-state index contributed by atoms with van der Waals surface area (Å²) in [5.41, 5.74) is 4.20. The van der Waals surface area contributed by atoms with E-state index in [9.17, 15) is 9.18 Å². The molecule has 3 heterocycles. The van der Waals surface area contributed by atoms with Crippen molar-refractivity contribution in [2.45, 2.75) is 19.4 Å². The Bertz CT molecular complexity index is 1230. The van der Waals surface area contributed by atoms with E-state index >= 15 is 0 Å². The summed E-state index contributed by atoms with van der Waals surface area (Å²) in [6, 6.07) is 12.7. The molecule has 1 N–H and O–H groups in total. The number of allylic oxidation sites excluding steroid dienone is 1. The largest absolute Gasteiger partial charge is 0.482 e. The quantitative estimate of drug-likeness (QED) is 0.618. The number of hydrogen-bond donors (Lipinski definition) is 1. The minimum Gasteiger partial charge on any atom is -0.482 e. The Hall–Kier alpha value is -3.34. The van der Waals surface area contributed by atoms with Crippen LogP contribution in [0.1, 0.15) is 25.0 Å². The van der Waals surface area contributed by atoms with Crippen LogP contribution in [0.3, 0.4) is 0 Å². The maximum atomic E-state index is 13.5. The molecule has 0 fully saturated rings. The summed E-state index contributed by atoms with van der Waals surface area (Å²) < 4.78 is 21.8. The number of ether oxygens (including phenoxy) is 1. The van der Waals surface area contributed by atoms with Gasteiger partial charge in [-0.3, -0.25) is 4.79 Å². The first-order valence-electron chi connectivity index (χ1n) is 9.16. The molecule has 0 spiro atoms. The first-order chi connectivity index (χ1) is 13.3. The number of aryl methyl sites for hydroxylation is 1. The minimum atomic E-state index is -0.589. The maximum absolute atomic E-state index is 13.5. The number of carbonyl (C=O) groups is 1. The smallest absolute Gasteiger partial charge is 0.260 e. The van der Waals surface area contributed by atoms with Gasteiger partial charge in [0.2, 0.25) is 0 Å². The van der Waals surface area contributed by atoms with E-state index in [0.717, 1.165) is 22.0 Å². The van der Waals surface area contributed by atoms with E-state index in [-0.39, 0.29) is 11.7 Å². The third kappa shape index (κ3) is 2.39. The number of carbonyl (C=O) groups excluding carboxylic acids is 1. The highest BCUT2D eigenvalue weighted by Crippen LogP contribution is 2.44. The highest BCUT2D eigenvalue weighted by atomic mass is 19.1. The van der Waals surface area contributed by atoms with Gasteiger partial charge in [-0.2, -0.15) is 0 Å². The Balaban J connectivity index is 1.66. The molecule has 0 saturated carbocycles. The van der Waals surface area contributed by atoms with Crippen LogP contribution in [0, 0.1) is 5.82 Å². The third-order valence-corrected chi connectivity index (χ3v) is 5.46. The van der Waals surface area contributed by atoms with E-state index in [1.807, 2.05) is 33.2 Å². The molecule has 0 saturated heterocycles. The Morgan fingerprint density at radius 2 is 1.93 bits per heavy atom. The van der Waals surface area contributed by atoms with Gasteiger partial charge in [0.25, 0.3) is 5.91 Å². The zero-order chi connectivity index (χ0) is 19.6. The zero-order valence-corrected chi connectivity index (χ0v) is 15.8. The van der Waals surface area contributed by atoms with Crippen LogP contribution >= 0.6 is 0 Å². The lowest BCUT2D eigenvalue weighted by Gasteiger charge is -2.23. The van der Waals surface area contributed by atoms with Gasteiger partial charge in [0, 0.05) is 35.3 Å². The topological polar surface area (TPSA) is 43.3 Å². The molecule has 0 radical (unpaired) electrons. The molecule has 2 aliphatic rings. The Labute approximate surface area is 161 Å². The highest BCUT2D eigenvalue weighted by molar-refractivity contribution is 6.32. The second-order valence-electron chi connectivity index (χ2n) is 7.75. The number of hydrogen-bond acceptors (Lipinski definition) is 2. The van der Waals surface area contributed by atoms with E-state index in [2.05, 4.69) is 34.1 Å². The fraction of sp³-hybridized carbons (Fsp3) is 0.174. The summed E-state index contributed by atoms with van der Waals surface area (Å²) in [7, 11) is 2.02. The number of anilines is 1. The van der Waals surface area contributed by atoms with E-state index in [0.29, 0.717) is 22.6 Å². The lowest BCUT2D eigenvalue weighted by molar-refractivity contribution is -0.111. The zero-order valence-electron chi connectivity index (χ0n) is 15.8. The third-order valence-electron chi connectivity index (χ3n) is 5.46. The molecule has 0 unspecified atom stereocenters. The standard InChI is InChI=1S/C23H19FN2O2/c1-23(2)17(13-4-7-19-14(10-13)8-9-26(19)3)12-20(28-23)21-16-6-5-15(24)11-18(16)25-22(21)27/h4-12H,1-3H3,(H,25,27). The van der Waals surface area contributed by atoms with Gasteiger partial charge in [-0.15, -0.1) is 0 Å². The lowest BCUT2D eigenvalue weighted by atomic mass is 9.91. The van der Waals surface area contributed by atoms with E-state index in [1.54, 1.807) is 6.07 Å². The molecule has 0 atom stereocenters. The molecular formula is C23H19FN2O2. The predicted molar refractivity (Wildman–Crippen MR) is 108 cm³/mol. The molecule has 2 aromatic carbocycles. The lowest BCUT2D eigenvalue weighted by Crippen LogP contribution is -2.21. The average molecular weight is 374 g/mol. The maximum Gasteiger partial charge on any atom is 0.260 e. The number of amides is 1.